The fourth-order valence-electron chi connectivity index (χ4n) is 1.97. The van der Waals surface area contributed by atoms with Gasteiger partial charge >= 0.3 is 0 Å². The lowest BCUT2D eigenvalue weighted by molar-refractivity contribution is 0.415. The number of hydrogen-bond acceptors (Lipinski definition) is 2. The summed E-state index contributed by atoms with van der Waals surface area (Å²) in [6.45, 7) is 1.98. The number of methoxy groups -OCH3 is 1. The lowest BCUT2D eigenvalue weighted by Gasteiger charge is -2.18. The third kappa shape index (κ3) is 4.50. The van der Waals surface area contributed by atoms with E-state index in [1.54, 1.807) is 19.2 Å². The number of benzene rings is 2. The van der Waals surface area contributed by atoms with Crippen LogP contribution in [0.15, 0.2) is 42.5 Å². The van der Waals surface area contributed by atoms with Crippen molar-refractivity contribution in [1.29, 1.82) is 0 Å². The van der Waals surface area contributed by atoms with Crippen LogP contribution in [0.5, 0.6) is 5.75 Å². The smallest absolute Gasteiger partial charge is 0.171 e. The Hall–Kier alpha value is -1.49. The molecular formula is C16H16Cl2N2OS. The zero-order valence-corrected chi connectivity index (χ0v) is 14.5. The molecule has 0 aliphatic carbocycles. The minimum Gasteiger partial charge on any atom is -0.497 e. The highest BCUT2D eigenvalue weighted by Gasteiger charge is 2.11. The van der Waals surface area contributed by atoms with Crippen molar-refractivity contribution < 1.29 is 4.74 Å². The second-order valence-electron chi connectivity index (χ2n) is 4.71. The SMILES string of the molecule is COc1ccc(NC(=S)N[C@H](C)c2ccc(Cl)cc2Cl)cc1. The lowest BCUT2D eigenvalue weighted by atomic mass is 10.1. The molecule has 3 nitrogen and oxygen atoms in total. The first-order chi connectivity index (χ1) is 10.5. The molecule has 0 fully saturated rings. The molecule has 116 valence electrons. The Bertz CT molecular complexity index is 662. The molecule has 0 aliphatic rings. The van der Waals surface area contributed by atoms with E-state index in [9.17, 15) is 0 Å². The van der Waals surface area contributed by atoms with Crippen LogP contribution in [0.3, 0.4) is 0 Å². The highest BCUT2D eigenvalue weighted by Crippen LogP contribution is 2.26. The van der Waals surface area contributed by atoms with Crippen LogP contribution in [0.4, 0.5) is 5.69 Å². The first-order valence-corrected chi connectivity index (χ1v) is 7.82. The van der Waals surface area contributed by atoms with Gasteiger partial charge in [-0.05, 0) is 61.1 Å². The number of ether oxygens (including phenoxy) is 1. The minimum absolute atomic E-state index is 0.0389. The molecule has 1 atom stereocenters. The predicted molar refractivity (Wildman–Crippen MR) is 97.2 cm³/mol. The summed E-state index contributed by atoms with van der Waals surface area (Å²) in [5, 5.41) is 8.05. The molecule has 0 radical (unpaired) electrons. The van der Waals surface area contributed by atoms with Crippen molar-refractivity contribution in [3.05, 3.63) is 58.1 Å². The summed E-state index contributed by atoms with van der Waals surface area (Å²) in [5.41, 5.74) is 1.82. The van der Waals surface area contributed by atoms with E-state index in [1.807, 2.05) is 37.3 Å². The molecule has 0 aromatic heterocycles. The van der Waals surface area contributed by atoms with Crippen LogP contribution in [0.1, 0.15) is 18.5 Å². The maximum atomic E-state index is 6.20. The Morgan fingerprint density at radius 3 is 2.41 bits per heavy atom. The first kappa shape index (κ1) is 16.9. The molecule has 0 saturated heterocycles. The molecule has 0 amide bonds. The van der Waals surface area contributed by atoms with E-state index in [0.717, 1.165) is 17.0 Å². The normalized spacial score (nSPS) is 11.6. The minimum atomic E-state index is -0.0389. The fourth-order valence-corrected chi connectivity index (χ4v) is 2.84. The molecule has 0 spiro atoms. The lowest BCUT2D eigenvalue weighted by Crippen LogP contribution is -2.31. The van der Waals surface area contributed by atoms with Crippen LogP contribution < -0.4 is 15.4 Å². The second-order valence-corrected chi connectivity index (χ2v) is 5.97. The molecule has 22 heavy (non-hydrogen) atoms. The molecule has 0 unspecified atom stereocenters. The van der Waals surface area contributed by atoms with Crippen molar-refractivity contribution in [2.75, 3.05) is 12.4 Å². The maximum absolute atomic E-state index is 6.20. The van der Waals surface area contributed by atoms with E-state index in [1.165, 1.54) is 0 Å². The highest BCUT2D eigenvalue weighted by molar-refractivity contribution is 7.80. The van der Waals surface area contributed by atoms with E-state index < -0.39 is 0 Å². The number of halogens is 2. The molecule has 2 rings (SSSR count). The van der Waals surface area contributed by atoms with Crippen LogP contribution in [0, 0.1) is 0 Å². The number of nitrogens with one attached hydrogen (secondary N) is 2. The van der Waals surface area contributed by atoms with Crippen LogP contribution >= 0.6 is 35.4 Å². The number of anilines is 1. The van der Waals surface area contributed by atoms with E-state index >= 15 is 0 Å². The average molecular weight is 355 g/mol. The average Bonchev–Trinajstić information content (AvgIpc) is 2.47. The number of hydrogen-bond donors (Lipinski definition) is 2. The van der Waals surface area contributed by atoms with Crippen molar-refractivity contribution in [1.82, 2.24) is 5.32 Å². The highest BCUT2D eigenvalue weighted by atomic mass is 35.5. The largest absolute Gasteiger partial charge is 0.497 e. The maximum Gasteiger partial charge on any atom is 0.171 e. The van der Waals surface area contributed by atoms with Crippen LogP contribution in [0.2, 0.25) is 10.0 Å². The summed E-state index contributed by atoms with van der Waals surface area (Å²) in [6.07, 6.45) is 0. The Kier molecular flexibility index (Phi) is 5.89. The molecule has 2 aromatic rings. The first-order valence-electron chi connectivity index (χ1n) is 6.66. The van der Waals surface area contributed by atoms with Gasteiger partial charge in [-0.1, -0.05) is 29.3 Å². The summed E-state index contributed by atoms with van der Waals surface area (Å²) in [6, 6.07) is 12.9. The van der Waals surface area contributed by atoms with Gasteiger partial charge < -0.3 is 15.4 Å². The van der Waals surface area contributed by atoms with Gasteiger partial charge in [-0.25, -0.2) is 0 Å². The van der Waals surface area contributed by atoms with E-state index in [2.05, 4.69) is 10.6 Å². The monoisotopic (exact) mass is 354 g/mol. The molecule has 0 aliphatic heterocycles. The van der Waals surface area contributed by atoms with Gasteiger partial charge in [0.1, 0.15) is 5.75 Å². The standard InChI is InChI=1S/C16H16Cl2N2OS/c1-10(14-8-3-11(17)9-15(14)18)19-16(22)20-12-4-6-13(21-2)7-5-12/h3-10H,1-2H3,(H2,19,20,22)/t10-/m1/s1. The van der Waals surface area contributed by atoms with Gasteiger partial charge in [0, 0.05) is 15.7 Å². The van der Waals surface area contributed by atoms with Crippen molar-refractivity contribution in [3.8, 4) is 5.75 Å². The molecule has 0 heterocycles. The van der Waals surface area contributed by atoms with E-state index in [-0.39, 0.29) is 6.04 Å². The topological polar surface area (TPSA) is 33.3 Å². The van der Waals surface area contributed by atoms with Crippen LogP contribution in [-0.2, 0) is 0 Å². The summed E-state index contributed by atoms with van der Waals surface area (Å²) >= 11 is 17.4. The quantitative estimate of drug-likeness (QED) is 0.752. The molecule has 2 aromatic carbocycles. The predicted octanol–water partition coefficient (Wildman–Crippen LogP) is 5.05. The van der Waals surface area contributed by atoms with Gasteiger partial charge in [0.2, 0.25) is 0 Å². The summed E-state index contributed by atoms with van der Waals surface area (Å²) in [4.78, 5) is 0. The van der Waals surface area contributed by atoms with Gasteiger partial charge in [0.15, 0.2) is 5.11 Å². The summed E-state index contributed by atoms with van der Waals surface area (Å²) < 4.78 is 5.12. The zero-order chi connectivity index (χ0) is 16.1. The van der Waals surface area contributed by atoms with Crippen molar-refractivity contribution >= 4 is 46.2 Å². The van der Waals surface area contributed by atoms with E-state index in [4.69, 9.17) is 40.2 Å². The summed E-state index contributed by atoms with van der Waals surface area (Å²) in [5.74, 6) is 0.797. The van der Waals surface area contributed by atoms with Gasteiger partial charge in [-0.3, -0.25) is 0 Å². The second kappa shape index (κ2) is 7.68. The van der Waals surface area contributed by atoms with Crippen molar-refractivity contribution in [3.63, 3.8) is 0 Å². The van der Waals surface area contributed by atoms with Crippen LogP contribution in [0.25, 0.3) is 0 Å². The molecule has 6 heteroatoms. The zero-order valence-electron chi connectivity index (χ0n) is 12.2. The Labute approximate surface area is 145 Å². The van der Waals surface area contributed by atoms with Gasteiger partial charge in [0.05, 0.1) is 13.2 Å². The Morgan fingerprint density at radius 2 is 1.82 bits per heavy atom. The van der Waals surface area contributed by atoms with Gasteiger partial charge in [0.25, 0.3) is 0 Å². The molecular weight excluding hydrogens is 339 g/mol. The van der Waals surface area contributed by atoms with Gasteiger partial charge in [-0.15, -0.1) is 0 Å². The fraction of sp³-hybridized carbons (Fsp3) is 0.188. The number of rotatable bonds is 4. The van der Waals surface area contributed by atoms with E-state index in [0.29, 0.717) is 15.2 Å². The Morgan fingerprint density at radius 1 is 1.14 bits per heavy atom. The molecule has 0 bridgehead atoms. The number of thiocarbonyl (C=S) groups is 1. The third-order valence-electron chi connectivity index (χ3n) is 3.12. The van der Waals surface area contributed by atoms with Crippen molar-refractivity contribution in [2.45, 2.75) is 13.0 Å². The van der Waals surface area contributed by atoms with Crippen molar-refractivity contribution in [2.24, 2.45) is 0 Å². The Balaban J connectivity index is 1.98. The summed E-state index contributed by atoms with van der Waals surface area (Å²) in [7, 11) is 1.63. The molecule has 0 saturated carbocycles. The van der Waals surface area contributed by atoms with Crippen LogP contribution in [-0.4, -0.2) is 12.2 Å². The third-order valence-corrected chi connectivity index (χ3v) is 3.91. The molecule has 2 N–H and O–H groups in total. The van der Waals surface area contributed by atoms with Gasteiger partial charge in [-0.2, -0.15) is 0 Å².